The van der Waals surface area contributed by atoms with Crippen molar-refractivity contribution >= 4 is 6.09 Å². The molecule has 1 saturated heterocycles. The first kappa shape index (κ1) is 15.2. The number of piperidine rings is 1. The van der Waals surface area contributed by atoms with Crippen LogP contribution in [0.15, 0.2) is 24.3 Å². The lowest BCUT2D eigenvalue weighted by molar-refractivity contribution is 0.0113. The molecule has 1 aromatic carbocycles. The zero-order valence-corrected chi connectivity index (χ0v) is 13.4. The fourth-order valence-electron chi connectivity index (χ4n) is 3.25. The molecule has 2 aliphatic heterocycles. The van der Waals surface area contributed by atoms with E-state index >= 15 is 0 Å². The van der Waals surface area contributed by atoms with Crippen LogP contribution in [0.25, 0.3) is 0 Å². The van der Waals surface area contributed by atoms with Crippen molar-refractivity contribution in [1.29, 1.82) is 0 Å². The van der Waals surface area contributed by atoms with E-state index in [-0.39, 0.29) is 11.6 Å². The zero-order valence-electron chi connectivity index (χ0n) is 13.4. The highest BCUT2D eigenvalue weighted by Crippen LogP contribution is 2.47. The van der Waals surface area contributed by atoms with Crippen molar-refractivity contribution in [2.75, 3.05) is 13.1 Å². The third-order valence-corrected chi connectivity index (χ3v) is 4.18. The van der Waals surface area contributed by atoms with Gasteiger partial charge >= 0.3 is 6.09 Å². The summed E-state index contributed by atoms with van der Waals surface area (Å²) in [5.41, 5.74) is 0.158. The van der Waals surface area contributed by atoms with Gasteiger partial charge in [0.05, 0.1) is 0 Å². The topological polar surface area (TPSA) is 59.6 Å². The van der Waals surface area contributed by atoms with Crippen LogP contribution in [0.1, 0.15) is 45.2 Å². The first-order valence-electron chi connectivity index (χ1n) is 7.88. The van der Waals surface area contributed by atoms with Gasteiger partial charge in [0.1, 0.15) is 23.0 Å². The van der Waals surface area contributed by atoms with Crippen LogP contribution in [0.2, 0.25) is 0 Å². The van der Waals surface area contributed by atoms with Crippen LogP contribution in [0, 0.1) is 0 Å². The Hall–Kier alpha value is -1.75. The Morgan fingerprint density at radius 3 is 2.68 bits per heavy atom. The summed E-state index contributed by atoms with van der Waals surface area (Å²) in [5, 5.41) is 6.39. The normalized spacial score (nSPS) is 22.8. The summed E-state index contributed by atoms with van der Waals surface area (Å²) < 4.78 is 11.7. The maximum absolute atomic E-state index is 12.2. The monoisotopic (exact) mass is 304 g/mol. The molecule has 5 heteroatoms. The maximum atomic E-state index is 12.2. The van der Waals surface area contributed by atoms with Crippen molar-refractivity contribution in [3.05, 3.63) is 29.8 Å². The molecule has 1 spiro atoms. The average molecular weight is 304 g/mol. The van der Waals surface area contributed by atoms with Crippen LogP contribution in [0.4, 0.5) is 4.79 Å². The summed E-state index contributed by atoms with van der Waals surface area (Å²) in [6, 6.07) is 7.76. The molecule has 1 atom stereocenters. The van der Waals surface area contributed by atoms with E-state index in [1.165, 1.54) is 0 Å². The standard InChI is InChI=1S/C17H24N2O3/c1-16(2,3)22-15(20)19-14-12-6-4-5-7-13(12)21-17(14)8-10-18-11-9-17/h4-7,14,18H,8-11H2,1-3H3,(H,19,20)/t14-/m1/s1. The van der Waals surface area contributed by atoms with E-state index in [2.05, 4.69) is 10.6 Å². The number of nitrogens with one attached hydrogen (secondary N) is 2. The number of fused-ring (bicyclic) bond motifs is 1. The zero-order chi connectivity index (χ0) is 15.8. The molecule has 0 aromatic heterocycles. The first-order valence-corrected chi connectivity index (χ1v) is 7.88. The minimum Gasteiger partial charge on any atom is -0.484 e. The number of carbonyl (C=O) groups excluding carboxylic acids is 1. The van der Waals surface area contributed by atoms with E-state index < -0.39 is 11.7 Å². The molecule has 0 bridgehead atoms. The number of hydrogen-bond acceptors (Lipinski definition) is 4. The molecule has 0 saturated carbocycles. The Balaban J connectivity index is 1.85. The lowest BCUT2D eigenvalue weighted by Crippen LogP contribution is -2.53. The summed E-state index contributed by atoms with van der Waals surface area (Å²) in [7, 11) is 0. The van der Waals surface area contributed by atoms with Crippen LogP contribution in [0.3, 0.4) is 0 Å². The van der Waals surface area contributed by atoms with Gasteiger partial charge in [0.25, 0.3) is 0 Å². The van der Waals surface area contributed by atoms with Gasteiger partial charge in [0.15, 0.2) is 0 Å². The molecule has 1 fully saturated rings. The second-order valence-electron chi connectivity index (χ2n) is 7.03. The van der Waals surface area contributed by atoms with E-state index in [0.29, 0.717) is 0 Å². The minimum absolute atomic E-state index is 0.166. The number of ether oxygens (including phenoxy) is 2. The molecule has 0 unspecified atom stereocenters. The first-order chi connectivity index (χ1) is 10.4. The number of benzene rings is 1. The van der Waals surface area contributed by atoms with E-state index in [1.807, 2.05) is 45.0 Å². The largest absolute Gasteiger partial charge is 0.484 e. The van der Waals surface area contributed by atoms with Crippen LogP contribution >= 0.6 is 0 Å². The Bertz CT molecular complexity index is 559. The lowest BCUT2D eigenvalue weighted by Gasteiger charge is -2.38. The third-order valence-electron chi connectivity index (χ3n) is 4.18. The summed E-state index contributed by atoms with van der Waals surface area (Å²) in [4.78, 5) is 12.2. The summed E-state index contributed by atoms with van der Waals surface area (Å²) >= 11 is 0. The molecular weight excluding hydrogens is 280 g/mol. The Labute approximate surface area is 131 Å². The molecule has 2 N–H and O–H groups in total. The van der Waals surface area contributed by atoms with Gasteiger partial charge in [0.2, 0.25) is 0 Å². The smallest absolute Gasteiger partial charge is 0.408 e. The number of hydrogen-bond donors (Lipinski definition) is 2. The molecular formula is C17H24N2O3. The number of amides is 1. The van der Waals surface area contributed by atoms with Gasteiger partial charge in [-0.05, 0) is 39.9 Å². The van der Waals surface area contributed by atoms with Crippen molar-refractivity contribution < 1.29 is 14.3 Å². The summed E-state index contributed by atoms with van der Waals surface area (Å²) in [5.74, 6) is 0.866. The number of para-hydroxylation sites is 1. The van der Waals surface area contributed by atoms with E-state index in [4.69, 9.17) is 9.47 Å². The molecule has 1 aromatic rings. The molecule has 22 heavy (non-hydrogen) atoms. The molecule has 1 amide bonds. The predicted octanol–water partition coefficient (Wildman–Crippen LogP) is 2.77. The van der Waals surface area contributed by atoms with Crippen molar-refractivity contribution in [1.82, 2.24) is 10.6 Å². The fraction of sp³-hybridized carbons (Fsp3) is 0.588. The van der Waals surface area contributed by atoms with Gasteiger partial charge in [-0.15, -0.1) is 0 Å². The van der Waals surface area contributed by atoms with Crippen LogP contribution in [0.5, 0.6) is 5.75 Å². The van der Waals surface area contributed by atoms with Crippen molar-refractivity contribution in [2.45, 2.75) is 50.9 Å². The molecule has 2 heterocycles. The Morgan fingerprint density at radius 1 is 1.32 bits per heavy atom. The number of alkyl carbamates (subject to hydrolysis) is 1. The molecule has 3 rings (SSSR count). The Morgan fingerprint density at radius 2 is 2.00 bits per heavy atom. The van der Waals surface area contributed by atoms with Crippen molar-refractivity contribution in [2.24, 2.45) is 0 Å². The second-order valence-corrected chi connectivity index (χ2v) is 7.03. The third kappa shape index (κ3) is 2.90. The number of carbonyl (C=O) groups is 1. The van der Waals surface area contributed by atoms with Gasteiger partial charge in [-0.2, -0.15) is 0 Å². The van der Waals surface area contributed by atoms with E-state index in [9.17, 15) is 4.79 Å². The molecule has 5 nitrogen and oxygen atoms in total. The molecule has 0 aliphatic carbocycles. The predicted molar refractivity (Wildman–Crippen MR) is 84.0 cm³/mol. The SMILES string of the molecule is CC(C)(C)OC(=O)N[C@@H]1c2ccccc2OC12CCNCC2. The quantitative estimate of drug-likeness (QED) is 0.837. The molecule has 2 aliphatic rings. The van der Waals surface area contributed by atoms with E-state index in [0.717, 1.165) is 37.2 Å². The lowest BCUT2D eigenvalue weighted by atomic mass is 9.83. The summed E-state index contributed by atoms with van der Waals surface area (Å²) in [6.45, 7) is 7.38. The van der Waals surface area contributed by atoms with Gasteiger partial charge < -0.3 is 20.1 Å². The average Bonchev–Trinajstić information content (AvgIpc) is 2.72. The minimum atomic E-state index is -0.510. The van der Waals surface area contributed by atoms with Gasteiger partial charge in [-0.25, -0.2) is 4.79 Å². The van der Waals surface area contributed by atoms with E-state index in [1.54, 1.807) is 0 Å². The highest BCUT2D eigenvalue weighted by Gasteiger charge is 2.50. The van der Waals surface area contributed by atoms with Crippen molar-refractivity contribution in [3.63, 3.8) is 0 Å². The van der Waals surface area contributed by atoms with Crippen LogP contribution in [-0.2, 0) is 4.74 Å². The highest BCUT2D eigenvalue weighted by molar-refractivity contribution is 5.69. The molecule has 120 valence electrons. The molecule has 0 radical (unpaired) electrons. The van der Waals surface area contributed by atoms with Gasteiger partial charge in [-0.1, -0.05) is 18.2 Å². The van der Waals surface area contributed by atoms with Crippen molar-refractivity contribution in [3.8, 4) is 5.75 Å². The van der Waals surface area contributed by atoms with Gasteiger partial charge in [-0.3, -0.25) is 0 Å². The Kier molecular flexibility index (Phi) is 3.77. The second kappa shape index (κ2) is 5.47. The summed E-state index contributed by atoms with van der Waals surface area (Å²) in [6.07, 6.45) is 1.33. The maximum Gasteiger partial charge on any atom is 0.408 e. The van der Waals surface area contributed by atoms with Crippen LogP contribution < -0.4 is 15.4 Å². The fourth-order valence-corrected chi connectivity index (χ4v) is 3.25. The highest BCUT2D eigenvalue weighted by atomic mass is 16.6. The number of rotatable bonds is 1. The van der Waals surface area contributed by atoms with Gasteiger partial charge in [0, 0.05) is 18.4 Å². The van der Waals surface area contributed by atoms with Crippen LogP contribution in [-0.4, -0.2) is 30.4 Å².